The lowest BCUT2D eigenvalue weighted by Crippen LogP contribution is -2.35. The number of anilines is 1. The maximum atomic E-state index is 12.7. The molecule has 1 aromatic carbocycles. The van der Waals surface area contributed by atoms with Crippen molar-refractivity contribution in [3.63, 3.8) is 0 Å². The number of hydrogen-bond acceptors (Lipinski definition) is 4. The molecule has 2 aliphatic rings. The molecule has 0 saturated carbocycles. The average Bonchev–Trinajstić information content (AvgIpc) is 2.67. The quantitative estimate of drug-likeness (QED) is 0.809. The fourth-order valence-electron chi connectivity index (χ4n) is 4.08. The smallest absolute Gasteiger partial charge is 0.225 e. The topological polar surface area (TPSA) is 46.1 Å². The first-order valence-corrected chi connectivity index (χ1v) is 9.99. The zero-order chi connectivity index (χ0) is 18.8. The lowest BCUT2D eigenvalue weighted by Gasteiger charge is -2.31. The van der Waals surface area contributed by atoms with Crippen molar-refractivity contribution in [1.82, 2.24) is 9.97 Å². The van der Waals surface area contributed by atoms with Crippen LogP contribution in [0.15, 0.2) is 36.4 Å². The number of rotatable bonds is 3. The second-order valence-electron chi connectivity index (χ2n) is 7.96. The number of nitrogens with zero attached hydrogens (tertiary/aromatic N) is 3. The van der Waals surface area contributed by atoms with Crippen molar-refractivity contribution in [2.24, 2.45) is 11.8 Å². The molecule has 0 unspecified atom stereocenters. The van der Waals surface area contributed by atoms with Gasteiger partial charge in [-0.1, -0.05) is 49.4 Å². The highest BCUT2D eigenvalue weighted by Crippen LogP contribution is 2.30. The van der Waals surface area contributed by atoms with E-state index in [1.165, 1.54) is 12.8 Å². The Hall–Kier alpha value is -2.49. The number of fused-ring (bicyclic) bond motifs is 1. The minimum atomic E-state index is 0.176. The van der Waals surface area contributed by atoms with Gasteiger partial charge in [0.1, 0.15) is 0 Å². The summed E-state index contributed by atoms with van der Waals surface area (Å²) in [5, 5.41) is 0. The van der Waals surface area contributed by atoms with Gasteiger partial charge in [0.2, 0.25) is 5.95 Å². The van der Waals surface area contributed by atoms with Crippen molar-refractivity contribution >= 4 is 17.8 Å². The van der Waals surface area contributed by atoms with Gasteiger partial charge in [-0.3, -0.25) is 4.79 Å². The first-order valence-electron chi connectivity index (χ1n) is 9.99. The molecule has 4 heteroatoms. The molecular formula is C23H27N3O. The summed E-state index contributed by atoms with van der Waals surface area (Å²) >= 11 is 0. The minimum absolute atomic E-state index is 0.176. The third kappa shape index (κ3) is 3.95. The van der Waals surface area contributed by atoms with Crippen LogP contribution in [0, 0.1) is 18.8 Å². The van der Waals surface area contributed by atoms with Crippen LogP contribution in [-0.2, 0) is 6.42 Å². The molecule has 27 heavy (non-hydrogen) atoms. The van der Waals surface area contributed by atoms with Gasteiger partial charge in [0.25, 0.3) is 0 Å². The standard InChI is InChI=1S/C23H27N3O/c1-16-10-12-26(13-11-16)23-24-17(2)22-20(25-23)14-19(15-21(22)27)9-8-18-6-4-3-5-7-18/h3-9,16,19H,10-15H2,1-2H3/b9-8+/t19-/m0/s1. The van der Waals surface area contributed by atoms with E-state index in [9.17, 15) is 4.79 Å². The molecule has 1 aromatic heterocycles. The fraction of sp³-hybridized carbons (Fsp3) is 0.435. The fourth-order valence-corrected chi connectivity index (χ4v) is 4.08. The van der Waals surface area contributed by atoms with Crippen LogP contribution < -0.4 is 4.90 Å². The molecule has 0 N–H and O–H groups in total. The molecule has 0 amide bonds. The third-order valence-electron chi connectivity index (χ3n) is 5.76. The Morgan fingerprint density at radius 1 is 1.07 bits per heavy atom. The van der Waals surface area contributed by atoms with Crippen LogP contribution in [0.1, 0.15) is 53.5 Å². The number of benzene rings is 1. The van der Waals surface area contributed by atoms with E-state index in [0.29, 0.717) is 6.42 Å². The molecule has 2 heterocycles. The maximum Gasteiger partial charge on any atom is 0.225 e. The second-order valence-corrected chi connectivity index (χ2v) is 7.96. The highest BCUT2D eigenvalue weighted by Gasteiger charge is 2.29. The van der Waals surface area contributed by atoms with E-state index < -0.39 is 0 Å². The molecule has 0 spiro atoms. The molecule has 140 valence electrons. The third-order valence-corrected chi connectivity index (χ3v) is 5.76. The van der Waals surface area contributed by atoms with Crippen LogP contribution in [0.5, 0.6) is 0 Å². The Kier molecular flexibility index (Phi) is 5.06. The van der Waals surface area contributed by atoms with Gasteiger partial charge >= 0.3 is 0 Å². The largest absolute Gasteiger partial charge is 0.341 e. The van der Waals surface area contributed by atoms with E-state index in [-0.39, 0.29) is 11.7 Å². The molecule has 2 aromatic rings. The minimum Gasteiger partial charge on any atom is -0.341 e. The molecule has 1 saturated heterocycles. The Morgan fingerprint density at radius 3 is 2.56 bits per heavy atom. The molecule has 4 rings (SSSR count). The van der Waals surface area contributed by atoms with Crippen molar-refractivity contribution in [3.8, 4) is 0 Å². The van der Waals surface area contributed by atoms with Gasteiger partial charge in [-0.05, 0) is 43.6 Å². The summed E-state index contributed by atoms with van der Waals surface area (Å²) in [4.78, 5) is 24.5. The Balaban J connectivity index is 1.57. The molecule has 4 nitrogen and oxygen atoms in total. The normalized spacial score (nSPS) is 20.9. The number of piperidine rings is 1. The van der Waals surface area contributed by atoms with E-state index in [0.717, 1.165) is 53.9 Å². The lowest BCUT2D eigenvalue weighted by atomic mass is 9.85. The number of Topliss-reactive ketones (excluding diaryl/α,β-unsaturated/α-hetero) is 1. The number of ketones is 1. The van der Waals surface area contributed by atoms with Gasteiger partial charge in [-0.15, -0.1) is 0 Å². The second kappa shape index (κ2) is 7.63. The lowest BCUT2D eigenvalue weighted by molar-refractivity contribution is 0.0956. The molecule has 1 fully saturated rings. The summed E-state index contributed by atoms with van der Waals surface area (Å²) in [5.41, 5.74) is 3.69. The van der Waals surface area contributed by atoms with Crippen LogP contribution in [0.2, 0.25) is 0 Å². The monoisotopic (exact) mass is 361 g/mol. The van der Waals surface area contributed by atoms with E-state index in [1.807, 2.05) is 25.1 Å². The van der Waals surface area contributed by atoms with Gasteiger partial charge in [-0.25, -0.2) is 9.97 Å². The van der Waals surface area contributed by atoms with Crippen LogP contribution in [0.4, 0.5) is 5.95 Å². The van der Waals surface area contributed by atoms with Gasteiger partial charge in [-0.2, -0.15) is 0 Å². The predicted molar refractivity (Wildman–Crippen MR) is 109 cm³/mol. The first kappa shape index (κ1) is 17.9. The summed E-state index contributed by atoms with van der Waals surface area (Å²) in [6.45, 7) is 6.27. The summed E-state index contributed by atoms with van der Waals surface area (Å²) in [7, 11) is 0. The number of carbonyl (C=O) groups is 1. The zero-order valence-electron chi connectivity index (χ0n) is 16.2. The first-order chi connectivity index (χ1) is 13.1. The van der Waals surface area contributed by atoms with E-state index in [1.54, 1.807) is 0 Å². The van der Waals surface area contributed by atoms with Crippen molar-refractivity contribution in [2.75, 3.05) is 18.0 Å². The maximum absolute atomic E-state index is 12.7. The molecule has 1 aliphatic carbocycles. The van der Waals surface area contributed by atoms with Crippen LogP contribution in [-0.4, -0.2) is 28.8 Å². The highest BCUT2D eigenvalue weighted by atomic mass is 16.1. The van der Waals surface area contributed by atoms with Gasteiger partial charge < -0.3 is 4.90 Å². The van der Waals surface area contributed by atoms with Crippen molar-refractivity contribution < 1.29 is 4.79 Å². The summed E-state index contributed by atoms with van der Waals surface area (Å²) in [6.07, 6.45) is 7.99. The number of aromatic nitrogens is 2. The molecule has 0 radical (unpaired) electrons. The Morgan fingerprint density at radius 2 is 1.81 bits per heavy atom. The summed E-state index contributed by atoms with van der Waals surface area (Å²) in [6, 6.07) is 10.2. The van der Waals surface area contributed by atoms with E-state index in [2.05, 4.69) is 41.1 Å². The van der Waals surface area contributed by atoms with Crippen molar-refractivity contribution in [2.45, 2.75) is 39.5 Å². The average molecular weight is 361 g/mol. The molecular weight excluding hydrogens is 334 g/mol. The van der Waals surface area contributed by atoms with E-state index >= 15 is 0 Å². The van der Waals surface area contributed by atoms with Crippen LogP contribution in [0.3, 0.4) is 0 Å². The molecule has 0 bridgehead atoms. The highest BCUT2D eigenvalue weighted by molar-refractivity contribution is 5.99. The predicted octanol–water partition coefficient (Wildman–Crippen LogP) is 4.48. The number of aryl methyl sites for hydroxylation is 1. The van der Waals surface area contributed by atoms with E-state index in [4.69, 9.17) is 4.98 Å². The molecule has 1 aliphatic heterocycles. The SMILES string of the molecule is Cc1nc(N2CCC(C)CC2)nc2c1C(=O)C[C@@H](/C=C/c1ccccc1)C2. The summed E-state index contributed by atoms with van der Waals surface area (Å²) in [5.74, 6) is 1.96. The van der Waals surface area contributed by atoms with Gasteiger partial charge in [0.15, 0.2) is 5.78 Å². The van der Waals surface area contributed by atoms with Gasteiger partial charge in [0, 0.05) is 19.5 Å². The Labute approximate surface area is 161 Å². The number of allylic oxidation sites excluding steroid dienone is 1. The van der Waals surface area contributed by atoms with Crippen LogP contribution in [0.25, 0.3) is 6.08 Å². The summed E-state index contributed by atoms with van der Waals surface area (Å²) < 4.78 is 0. The number of hydrogen-bond donors (Lipinski definition) is 0. The van der Waals surface area contributed by atoms with Gasteiger partial charge in [0.05, 0.1) is 17.0 Å². The zero-order valence-corrected chi connectivity index (χ0v) is 16.2. The molecule has 1 atom stereocenters. The van der Waals surface area contributed by atoms with Crippen LogP contribution >= 0.6 is 0 Å². The Bertz CT molecular complexity index is 851. The van der Waals surface area contributed by atoms with Crippen molar-refractivity contribution in [3.05, 3.63) is 58.9 Å². The van der Waals surface area contributed by atoms with Crippen molar-refractivity contribution in [1.29, 1.82) is 0 Å². The number of carbonyl (C=O) groups excluding carboxylic acids is 1.